The SMILES string of the molecule is CCCN(CCC)S(=O)(=O)c1ccc2oc(C)nc2c1. The molecule has 2 aromatic rings. The van der Waals surface area contributed by atoms with Crippen LogP contribution >= 0.6 is 0 Å². The smallest absolute Gasteiger partial charge is 0.243 e. The molecule has 0 saturated carbocycles. The van der Waals surface area contributed by atoms with Gasteiger partial charge < -0.3 is 4.42 Å². The molecule has 0 radical (unpaired) electrons. The third-order valence-corrected chi connectivity index (χ3v) is 4.94. The van der Waals surface area contributed by atoms with Crippen LogP contribution < -0.4 is 0 Å². The molecule has 0 atom stereocenters. The number of fused-ring (bicyclic) bond motifs is 1. The molecule has 0 amide bonds. The van der Waals surface area contributed by atoms with Gasteiger partial charge >= 0.3 is 0 Å². The van der Waals surface area contributed by atoms with E-state index < -0.39 is 10.0 Å². The Morgan fingerprint density at radius 3 is 2.45 bits per heavy atom. The second kappa shape index (κ2) is 5.93. The highest BCUT2D eigenvalue weighted by atomic mass is 32.2. The van der Waals surface area contributed by atoms with E-state index in [1.165, 1.54) is 4.31 Å². The maximum absolute atomic E-state index is 12.6. The molecular formula is C14H20N2O3S. The van der Waals surface area contributed by atoms with Crippen molar-refractivity contribution in [1.82, 2.24) is 9.29 Å². The molecule has 110 valence electrons. The largest absolute Gasteiger partial charge is 0.441 e. The van der Waals surface area contributed by atoms with Gasteiger partial charge in [-0.1, -0.05) is 13.8 Å². The summed E-state index contributed by atoms with van der Waals surface area (Å²) in [5, 5.41) is 0. The number of benzene rings is 1. The summed E-state index contributed by atoms with van der Waals surface area (Å²) >= 11 is 0. The zero-order chi connectivity index (χ0) is 14.8. The Kier molecular flexibility index (Phi) is 4.45. The Balaban J connectivity index is 2.43. The molecule has 0 saturated heterocycles. The number of hydrogen-bond acceptors (Lipinski definition) is 4. The summed E-state index contributed by atoms with van der Waals surface area (Å²) < 4.78 is 32.2. The highest BCUT2D eigenvalue weighted by Crippen LogP contribution is 2.22. The van der Waals surface area contributed by atoms with Crippen LogP contribution in [0.4, 0.5) is 0 Å². The zero-order valence-electron chi connectivity index (χ0n) is 12.1. The maximum atomic E-state index is 12.6. The summed E-state index contributed by atoms with van der Waals surface area (Å²) in [7, 11) is -3.46. The highest BCUT2D eigenvalue weighted by Gasteiger charge is 2.23. The van der Waals surface area contributed by atoms with Crippen molar-refractivity contribution in [2.45, 2.75) is 38.5 Å². The van der Waals surface area contributed by atoms with Gasteiger partial charge in [-0.15, -0.1) is 0 Å². The lowest BCUT2D eigenvalue weighted by Gasteiger charge is -2.20. The van der Waals surface area contributed by atoms with Gasteiger partial charge in [0.05, 0.1) is 4.90 Å². The number of nitrogens with zero attached hydrogens (tertiary/aromatic N) is 2. The second-order valence-electron chi connectivity index (χ2n) is 4.77. The Morgan fingerprint density at radius 2 is 1.85 bits per heavy atom. The van der Waals surface area contributed by atoms with Crippen LogP contribution in [0.5, 0.6) is 0 Å². The van der Waals surface area contributed by atoms with Crippen LogP contribution in [0, 0.1) is 6.92 Å². The van der Waals surface area contributed by atoms with Crippen LogP contribution in [0.25, 0.3) is 11.1 Å². The molecule has 0 unspecified atom stereocenters. The number of hydrogen-bond donors (Lipinski definition) is 0. The average Bonchev–Trinajstić information content (AvgIpc) is 2.77. The minimum atomic E-state index is -3.46. The fourth-order valence-electron chi connectivity index (χ4n) is 2.18. The normalized spacial score (nSPS) is 12.4. The predicted molar refractivity (Wildman–Crippen MR) is 78.1 cm³/mol. The lowest BCUT2D eigenvalue weighted by Crippen LogP contribution is -2.32. The summed E-state index contributed by atoms with van der Waals surface area (Å²) in [5.74, 6) is 0.536. The third kappa shape index (κ3) is 2.86. The van der Waals surface area contributed by atoms with Gasteiger partial charge in [0.15, 0.2) is 11.5 Å². The third-order valence-electron chi connectivity index (χ3n) is 3.05. The molecule has 0 bridgehead atoms. The molecule has 6 heteroatoms. The van der Waals surface area contributed by atoms with E-state index in [-0.39, 0.29) is 4.90 Å². The van der Waals surface area contributed by atoms with Crippen molar-refractivity contribution in [2.75, 3.05) is 13.1 Å². The van der Waals surface area contributed by atoms with Crippen LogP contribution in [0.3, 0.4) is 0 Å². The Bertz CT molecular complexity index is 686. The maximum Gasteiger partial charge on any atom is 0.243 e. The van der Waals surface area contributed by atoms with Crippen molar-refractivity contribution < 1.29 is 12.8 Å². The fraction of sp³-hybridized carbons (Fsp3) is 0.500. The summed E-state index contributed by atoms with van der Waals surface area (Å²) in [6.45, 7) is 6.76. The van der Waals surface area contributed by atoms with Crippen LogP contribution in [0.15, 0.2) is 27.5 Å². The molecule has 2 rings (SSSR count). The van der Waals surface area contributed by atoms with Crippen molar-refractivity contribution in [2.24, 2.45) is 0 Å². The number of rotatable bonds is 6. The van der Waals surface area contributed by atoms with Gasteiger partial charge in [0.2, 0.25) is 10.0 Å². The zero-order valence-corrected chi connectivity index (χ0v) is 12.9. The molecule has 0 N–H and O–H groups in total. The van der Waals surface area contributed by atoms with Crippen molar-refractivity contribution in [1.29, 1.82) is 0 Å². The predicted octanol–water partition coefficient (Wildman–Crippen LogP) is 2.95. The number of aromatic nitrogens is 1. The van der Waals surface area contributed by atoms with Gasteiger partial charge in [0.1, 0.15) is 5.52 Å². The summed E-state index contributed by atoms with van der Waals surface area (Å²) in [6.07, 6.45) is 1.59. The highest BCUT2D eigenvalue weighted by molar-refractivity contribution is 7.89. The summed E-state index contributed by atoms with van der Waals surface area (Å²) in [5.41, 5.74) is 1.19. The van der Waals surface area contributed by atoms with Gasteiger partial charge in [-0.3, -0.25) is 0 Å². The van der Waals surface area contributed by atoms with Gasteiger partial charge in [-0.25, -0.2) is 13.4 Å². The minimum absolute atomic E-state index is 0.278. The van der Waals surface area contributed by atoms with Crippen molar-refractivity contribution in [3.8, 4) is 0 Å². The van der Waals surface area contributed by atoms with Crippen molar-refractivity contribution in [3.05, 3.63) is 24.1 Å². The topological polar surface area (TPSA) is 63.4 Å². The van der Waals surface area contributed by atoms with Crippen LogP contribution in [0.1, 0.15) is 32.6 Å². The van der Waals surface area contributed by atoms with Gasteiger partial charge in [-0.2, -0.15) is 4.31 Å². The van der Waals surface area contributed by atoms with E-state index in [9.17, 15) is 8.42 Å². The first-order valence-corrected chi connectivity index (χ1v) is 8.30. The molecular weight excluding hydrogens is 276 g/mol. The van der Waals surface area contributed by atoms with Crippen LogP contribution in [-0.2, 0) is 10.0 Å². The first-order chi connectivity index (χ1) is 9.48. The summed E-state index contributed by atoms with van der Waals surface area (Å²) in [4.78, 5) is 4.47. The van der Waals surface area contributed by atoms with Gasteiger partial charge in [0, 0.05) is 20.0 Å². The van der Waals surface area contributed by atoms with E-state index in [4.69, 9.17) is 4.42 Å². The molecule has 1 aromatic carbocycles. The molecule has 0 aliphatic heterocycles. The minimum Gasteiger partial charge on any atom is -0.441 e. The van der Waals surface area contributed by atoms with Crippen molar-refractivity contribution in [3.63, 3.8) is 0 Å². The van der Waals surface area contributed by atoms with Gasteiger partial charge in [-0.05, 0) is 31.0 Å². The van der Waals surface area contributed by atoms with Gasteiger partial charge in [0.25, 0.3) is 0 Å². The molecule has 0 spiro atoms. The molecule has 1 heterocycles. The number of aryl methyl sites for hydroxylation is 1. The Hall–Kier alpha value is -1.40. The van der Waals surface area contributed by atoms with E-state index in [2.05, 4.69) is 4.98 Å². The van der Waals surface area contributed by atoms with E-state index in [1.54, 1.807) is 25.1 Å². The Labute approximate surface area is 119 Å². The lowest BCUT2D eigenvalue weighted by molar-refractivity contribution is 0.410. The molecule has 0 fully saturated rings. The summed E-state index contributed by atoms with van der Waals surface area (Å²) in [6, 6.07) is 4.83. The van der Waals surface area contributed by atoms with Crippen molar-refractivity contribution >= 4 is 21.1 Å². The first kappa shape index (κ1) is 15.0. The van der Waals surface area contributed by atoms with E-state index in [0.29, 0.717) is 30.1 Å². The van der Waals surface area contributed by atoms with E-state index in [0.717, 1.165) is 12.8 Å². The molecule has 0 aliphatic carbocycles. The molecule has 0 aliphatic rings. The number of sulfonamides is 1. The monoisotopic (exact) mass is 296 g/mol. The Morgan fingerprint density at radius 1 is 1.20 bits per heavy atom. The molecule has 1 aromatic heterocycles. The first-order valence-electron chi connectivity index (χ1n) is 6.86. The van der Waals surface area contributed by atoms with Crippen LogP contribution in [-0.4, -0.2) is 30.8 Å². The lowest BCUT2D eigenvalue weighted by atomic mass is 10.3. The van der Waals surface area contributed by atoms with E-state index >= 15 is 0 Å². The fourth-order valence-corrected chi connectivity index (χ4v) is 3.83. The quantitative estimate of drug-likeness (QED) is 0.822. The standard InChI is InChI=1S/C14H20N2O3S/c1-4-8-16(9-5-2)20(17,18)12-6-7-14-13(10-12)15-11(3)19-14/h6-7,10H,4-5,8-9H2,1-3H3. The number of oxazole rings is 1. The van der Waals surface area contributed by atoms with Crippen LogP contribution in [0.2, 0.25) is 0 Å². The second-order valence-corrected chi connectivity index (χ2v) is 6.70. The molecule has 20 heavy (non-hydrogen) atoms. The van der Waals surface area contributed by atoms with E-state index in [1.807, 2.05) is 13.8 Å². The average molecular weight is 296 g/mol. The molecule has 5 nitrogen and oxygen atoms in total.